The monoisotopic (exact) mass is 207 g/mol. The molecule has 0 aromatic heterocycles. The van der Waals surface area contributed by atoms with Crippen LogP contribution in [0.15, 0.2) is 23.2 Å². The molecule has 1 aromatic rings. The van der Waals surface area contributed by atoms with Crippen molar-refractivity contribution in [1.82, 2.24) is 10.6 Å². The zero-order chi connectivity index (χ0) is 10.7. The summed E-state index contributed by atoms with van der Waals surface area (Å²) in [5.74, 6) is 0.609. The summed E-state index contributed by atoms with van der Waals surface area (Å²) in [6.45, 7) is 4.27. The molecule has 0 fully saturated rings. The van der Waals surface area contributed by atoms with Crippen molar-refractivity contribution in [2.24, 2.45) is 4.99 Å². The minimum atomic E-state index is -0.196. The van der Waals surface area contributed by atoms with Gasteiger partial charge in [-0.1, -0.05) is 6.07 Å². The van der Waals surface area contributed by atoms with Gasteiger partial charge in [0.15, 0.2) is 5.96 Å². The molecule has 2 rings (SSSR count). The van der Waals surface area contributed by atoms with E-state index in [1.54, 1.807) is 12.1 Å². The standard InChI is InChI=1S/C11H14FN3/c1-8-2-3-10(12)6-9(8)7-15-11-13-4-5-14-11/h2-3,6H,4-5,7H2,1H3,(H2,13,14,15). The summed E-state index contributed by atoms with van der Waals surface area (Å²) in [7, 11) is 0. The maximum Gasteiger partial charge on any atom is 0.191 e. The minimum Gasteiger partial charge on any atom is -0.355 e. The van der Waals surface area contributed by atoms with Crippen molar-refractivity contribution in [3.05, 3.63) is 35.1 Å². The predicted octanol–water partition coefficient (Wildman–Crippen LogP) is 1.18. The summed E-state index contributed by atoms with van der Waals surface area (Å²) in [4.78, 5) is 4.20. The van der Waals surface area contributed by atoms with Crippen LogP contribution in [-0.4, -0.2) is 19.0 Å². The van der Waals surface area contributed by atoms with E-state index in [4.69, 9.17) is 0 Å². The van der Waals surface area contributed by atoms with Crippen LogP contribution in [0.1, 0.15) is 11.1 Å². The lowest BCUT2D eigenvalue weighted by atomic mass is 10.1. The Morgan fingerprint density at radius 3 is 3.13 bits per heavy atom. The van der Waals surface area contributed by atoms with Crippen molar-refractivity contribution < 1.29 is 4.39 Å². The Balaban J connectivity index is 2.00. The first-order chi connectivity index (χ1) is 7.25. The molecule has 3 nitrogen and oxygen atoms in total. The van der Waals surface area contributed by atoms with Crippen molar-refractivity contribution in [3.63, 3.8) is 0 Å². The molecule has 0 radical (unpaired) electrons. The highest BCUT2D eigenvalue weighted by Gasteiger charge is 2.05. The average molecular weight is 207 g/mol. The fourth-order valence-electron chi connectivity index (χ4n) is 1.53. The molecule has 0 spiro atoms. The van der Waals surface area contributed by atoms with E-state index in [0.29, 0.717) is 6.54 Å². The smallest absolute Gasteiger partial charge is 0.191 e. The van der Waals surface area contributed by atoms with Crippen molar-refractivity contribution in [2.75, 3.05) is 13.1 Å². The third kappa shape index (κ3) is 2.46. The highest BCUT2D eigenvalue weighted by atomic mass is 19.1. The van der Waals surface area contributed by atoms with Crippen LogP contribution in [-0.2, 0) is 6.54 Å². The number of halogens is 1. The van der Waals surface area contributed by atoms with Gasteiger partial charge in [0.2, 0.25) is 0 Å². The van der Waals surface area contributed by atoms with Crippen molar-refractivity contribution in [2.45, 2.75) is 13.5 Å². The molecule has 2 N–H and O–H groups in total. The quantitative estimate of drug-likeness (QED) is 0.764. The summed E-state index contributed by atoms with van der Waals surface area (Å²) in [5, 5.41) is 6.24. The molecule has 0 saturated carbocycles. The molecule has 0 amide bonds. The number of aryl methyl sites for hydroxylation is 1. The second-order valence-corrected chi connectivity index (χ2v) is 3.58. The van der Waals surface area contributed by atoms with E-state index >= 15 is 0 Å². The number of hydrogen-bond acceptors (Lipinski definition) is 3. The Bertz CT molecular complexity index is 387. The first-order valence-corrected chi connectivity index (χ1v) is 5.03. The highest BCUT2D eigenvalue weighted by molar-refractivity contribution is 5.81. The zero-order valence-corrected chi connectivity index (χ0v) is 8.68. The highest BCUT2D eigenvalue weighted by Crippen LogP contribution is 2.09. The lowest BCUT2D eigenvalue weighted by Crippen LogP contribution is -2.33. The van der Waals surface area contributed by atoms with E-state index in [9.17, 15) is 4.39 Å². The second kappa shape index (κ2) is 4.29. The summed E-state index contributed by atoms with van der Waals surface area (Å²) in [6.07, 6.45) is 0. The molecule has 1 aliphatic heterocycles. The number of rotatable bonds is 2. The molecule has 0 bridgehead atoms. The second-order valence-electron chi connectivity index (χ2n) is 3.58. The molecule has 1 heterocycles. The molecular formula is C11H14FN3. The first-order valence-electron chi connectivity index (χ1n) is 5.03. The van der Waals surface area contributed by atoms with Gasteiger partial charge >= 0.3 is 0 Å². The van der Waals surface area contributed by atoms with Crippen LogP contribution in [0.25, 0.3) is 0 Å². The van der Waals surface area contributed by atoms with E-state index in [2.05, 4.69) is 15.6 Å². The van der Waals surface area contributed by atoms with Gasteiger partial charge < -0.3 is 10.6 Å². The SMILES string of the molecule is Cc1ccc(F)cc1CNC1=NCCN1. The normalized spacial score (nSPS) is 14.7. The summed E-state index contributed by atoms with van der Waals surface area (Å²) in [5.41, 5.74) is 2.05. The molecule has 15 heavy (non-hydrogen) atoms. The van der Waals surface area contributed by atoms with Crippen molar-refractivity contribution in [3.8, 4) is 0 Å². The van der Waals surface area contributed by atoms with E-state index < -0.39 is 0 Å². The Hall–Kier alpha value is -1.58. The molecule has 4 heteroatoms. The fourth-order valence-corrected chi connectivity index (χ4v) is 1.53. The van der Waals surface area contributed by atoms with Crippen molar-refractivity contribution >= 4 is 5.96 Å². The molecule has 0 atom stereocenters. The van der Waals surface area contributed by atoms with E-state index in [1.807, 2.05) is 6.92 Å². The Labute approximate surface area is 88.4 Å². The van der Waals surface area contributed by atoms with Gasteiger partial charge in [0, 0.05) is 13.1 Å². The van der Waals surface area contributed by atoms with Crippen LogP contribution >= 0.6 is 0 Å². The van der Waals surface area contributed by atoms with Gasteiger partial charge in [-0.3, -0.25) is 4.99 Å². The summed E-state index contributed by atoms with van der Waals surface area (Å²) < 4.78 is 13.0. The molecule has 1 aromatic carbocycles. The molecule has 1 aliphatic rings. The van der Waals surface area contributed by atoms with Gasteiger partial charge in [-0.2, -0.15) is 0 Å². The fraction of sp³-hybridized carbons (Fsp3) is 0.364. The van der Waals surface area contributed by atoms with Crippen molar-refractivity contribution in [1.29, 1.82) is 0 Å². The molecular weight excluding hydrogens is 193 g/mol. The van der Waals surface area contributed by atoms with Crippen LogP contribution < -0.4 is 10.6 Å². The lowest BCUT2D eigenvalue weighted by molar-refractivity contribution is 0.624. The van der Waals surface area contributed by atoms with Crippen LogP contribution in [0.5, 0.6) is 0 Å². The molecule has 80 valence electrons. The van der Waals surface area contributed by atoms with Gasteiger partial charge in [-0.25, -0.2) is 4.39 Å². The third-order valence-corrected chi connectivity index (χ3v) is 2.43. The van der Waals surface area contributed by atoms with Crippen LogP contribution in [0.3, 0.4) is 0 Å². The number of nitrogens with one attached hydrogen (secondary N) is 2. The van der Waals surface area contributed by atoms with Gasteiger partial charge in [0.05, 0.1) is 6.54 Å². The Morgan fingerprint density at radius 1 is 1.53 bits per heavy atom. The number of nitrogens with zero attached hydrogens (tertiary/aromatic N) is 1. The summed E-state index contributed by atoms with van der Waals surface area (Å²) >= 11 is 0. The van der Waals surface area contributed by atoms with Gasteiger partial charge in [-0.15, -0.1) is 0 Å². The maximum absolute atomic E-state index is 13.0. The third-order valence-electron chi connectivity index (χ3n) is 2.43. The molecule has 0 unspecified atom stereocenters. The molecule has 0 saturated heterocycles. The average Bonchev–Trinajstić information content (AvgIpc) is 2.72. The number of benzene rings is 1. The first kappa shape index (κ1) is 9.96. The topological polar surface area (TPSA) is 36.4 Å². The Morgan fingerprint density at radius 2 is 2.40 bits per heavy atom. The van der Waals surface area contributed by atoms with Gasteiger partial charge in [0.25, 0.3) is 0 Å². The zero-order valence-electron chi connectivity index (χ0n) is 8.68. The van der Waals surface area contributed by atoms with Crippen LogP contribution in [0, 0.1) is 12.7 Å². The largest absolute Gasteiger partial charge is 0.355 e. The summed E-state index contributed by atoms with van der Waals surface area (Å²) in [6, 6.07) is 4.82. The Kier molecular flexibility index (Phi) is 2.85. The number of guanidine groups is 1. The predicted molar refractivity (Wildman–Crippen MR) is 58.3 cm³/mol. The maximum atomic E-state index is 13.0. The van der Waals surface area contributed by atoms with E-state index in [1.165, 1.54) is 6.07 Å². The van der Waals surface area contributed by atoms with E-state index in [-0.39, 0.29) is 5.82 Å². The number of aliphatic imine (C=N–C) groups is 1. The van der Waals surface area contributed by atoms with Gasteiger partial charge in [-0.05, 0) is 30.2 Å². The molecule has 0 aliphatic carbocycles. The van der Waals surface area contributed by atoms with Crippen LogP contribution in [0.4, 0.5) is 4.39 Å². The van der Waals surface area contributed by atoms with Crippen LogP contribution in [0.2, 0.25) is 0 Å². The minimum absolute atomic E-state index is 0.196. The number of hydrogen-bond donors (Lipinski definition) is 2. The van der Waals surface area contributed by atoms with Gasteiger partial charge in [0.1, 0.15) is 5.82 Å². The van der Waals surface area contributed by atoms with E-state index in [0.717, 1.165) is 30.2 Å². The lowest BCUT2D eigenvalue weighted by Gasteiger charge is -2.09.